The molecule has 2 N–H and O–H groups in total. The number of methoxy groups -OCH3 is 1. The van der Waals surface area contributed by atoms with Crippen molar-refractivity contribution in [2.24, 2.45) is 11.7 Å². The molecule has 0 heterocycles. The van der Waals surface area contributed by atoms with Crippen molar-refractivity contribution >= 4 is 5.78 Å². The second-order valence-electron chi connectivity index (χ2n) is 3.83. The van der Waals surface area contributed by atoms with E-state index >= 15 is 0 Å². The van der Waals surface area contributed by atoms with Crippen LogP contribution in [0.1, 0.15) is 24.2 Å². The van der Waals surface area contributed by atoms with Gasteiger partial charge >= 0.3 is 0 Å². The number of ether oxygens (including phenoxy) is 1. The third-order valence-corrected chi connectivity index (χ3v) is 2.65. The molecule has 0 saturated heterocycles. The SMILES string of the molecule is COc1cccc(C(=O)C(C)C(C)N)c1F. The third-order valence-electron chi connectivity index (χ3n) is 2.65. The van der Waals surface area contributed by atoms with Gasteiger partial charge in [-0.1, -0.05) is 13.0 Å². The first-order valence-electron chi connectivity index (χ1n) is 5.11. The van der Waals surface area contributed by atoms with Crippen molar-refractivity contribution in [2.75, 3.05) is 7.11 Å². The highest BCUT2D eigenvalue weighted by atomic mass is 19.1. The normalized spacial score (nSPS) is 14.3. The van der Waals surface area contributed by atoms with Gasteiger partial charge in [0.2, 0.25) is 0 Å². The Balaban J connectivity index is 3.09. The number of carbonyl (C=O) groups is 1. The van der Waals surface area contributed by atoms with E-state index in [1.807, 2.05) is 0 Å². The monoisotopic (exact) mass is 225 g/mol. The molecule has 0 bridgehead atoms. The Labute approximate surface area is 94.4 Å². The number of carbonyl (C=O) groups excluding carboxylic acids is 1. The van der Waals surface area contributed by atoms with Gasteiger partial charge in [0.25, 0.3) is 0 Å². The molecule has 88 valence electrons. The highest BCUT2D eigenvalue weighted by molar-refractivity contribution is 5.98. The zero-order chi connectivity index (χ0) is 12.3. The summed E-state index contributed by atoms with van der Waals surface area (Å²) >= 11 is 0. The largest absolute Gasteiger partial charge is 0.494 e. The van der Waals surface area contributed by atoms with E-state index in [0.29, 0.717) is 0 Å². The van der Waals surface area contributed by atoms with Crippen LogP contribution in [0.3, 0.4) is 0 Å². The van der Waals surface area contributed by atoms with E-state index in [2.05, 4.69) is 0 Å². The van der Waals surface area contributed by atoms with Crippen molar-refractivity contribution in [3.05, 3.63) is 29.6 Å². The van der Waals surface area contributed by atoms with Crippen LogP contribution in [0.5, 0.6) is 5.75 Å². The molecule has 0 aliphatic rings. The first-order chi connectivity index (χ1) is 7.49. The van der Waals surface area contributed by atoms with Crippen LogP contribution in [0.2, 0.25) is 0 Å². The second-order valence-corrected chi connectivity index (χ2v) is 3.83. The maximum Gasteiger partial charge on any atom is 0.175 e. The molecule has 0 spiro atoms. The number of hydrogen-bond acceptors (Lipinski definition) is 3. The predicted molar refractivity (Wildman–Crippen MR) is 60.1 cm³/mol. The van der Waals surface area contributed by atoms with Crippen molar-refractivity contribution in [3.8, 4) is 5.75 Å². The number of halogens is 1. The summed E-state index contributed by atoms with van der Waals surface area (Å²) in [6, 6.07) is 4.20. The number of hydrogen-bond donors (Lipinski definition) is 1. The van der Waals surface area contributed by atoms with E-state index < -0.39 is 11.7 Å². The second kappa shape index (κ2) is 5.07. The van der Waals surface area contributed by atoms with Crippen LogP contribution >= 0.6 is 0 Å². The lowest BCUT2D eigenvalue weighted by atomic mass is 9.93. The summed E-state index contributed by atoms with van der Waals surface area (Å²) in [5.74, 6) is -1.27. The Morgan fingerprint density at radius 1 is 1.44 bits per heavy atom. The van der Waals surface area contributed by atoms with Crippen LogP contribution in [0, 0.1) is 11.7 Å². The average Bonchev–Trinajstić information content (AvgIpc) is 2.27. The molecular formula is C12H16FNO2. The Morgan fingerprint density at radius 3 is 2.56 bits per heavy atom. The summed E-state index contributed by atoms with van der Waals surface area (Å²) in [5, 5.41) is 0. The van der Waals surface area contributed by atoms with E-state index in [4.69, 9.17) is 10.5 Å². The molecule has 2 atom stereocenters. The zero-order valence-electron chi connectivity index (χ0n) is 9.66. The molecule has 0 saturated carbocycles. The molecule has 0 amide bonds. The van der Waals surface area contributed by atoms with E-state index in [0.717, 1.165) is 0 Å². The van der Waals surface area contributed by atoms with Crippen molar-refractivity contribution in [2.45, 2.75) is 19.9 Å². The van der Waals surface area contributed by atoms with E-state index in [9.17, 15) is 9.18 Å². The Kier molecular flexibility index (Phi) is 4.01. The van der Waals surface area contributed by atoms with Gasteiger partial charge in [-0.15, -0.1) is 0 Å². The minimum absolute atomic E-state index is 0.0316. The number of ketones is 1. The molecule has 0 fully saturated rings. The topological polar surface area (TPSA) is 52.3 Å². The standard InChI is InChI=1S/C12H16FNO2/c1-7(8(2)14)12(15)9-5-4-6-10(16-3)11(9)13/h4-8H,14H2,1-3H3. The molecule has 1 aromatic carbocycles. The van der Waals surface area contributed by atoms with Crippen LogP contribution in [0.4, 0.5) is 4.39 Å². The highest BCUT2D eigenvalue weighted by Gasteiger charge is 2.23. The van der Waals surface area contributed by atoms with Gasteiger partial charge in [0.15, 0.2) is 17.3 Å². The molecule has 1 rings (SSSR count). The first-order valence-corrected chi connectivity index (χ1v) is 5.11. The molecule has 0 aliphatic carbocycles. The molecule has 4 heteroatoms. The Bertz CT molecular complexity index is 391. The van der Waals surface area contributed by atoms with Crippen molar-refractivity contribution in [3.63, 3.8) is 0 Å². The molecule has 0 aliphatic heterocycles. The lowest BCUT2D eigenvalue weighted by Crippen LogP contribution is -2.31. The van der Waals surface area contributed by atoms with Crippen LogP contribution < -0.4 is 10.5 Å². The van der Waals surface area contributed by atoms with Crippen LogP contribution in [0.25, 0.3) is 0 Å². The summed E-state index contributed by atoms with van der Waals surface area (Å²) in [6.45, 7) is 3.41. The molecular weight excluding hydrogens is 209 g/mol. The molecule has 1 aromatic rings. The van der Waals surface area contributed by atoms with Crippen LogP contribution in [-0.2, 0) is 0 Å². The fourth-order valence-electron chi connectivity index (χ4n) is 1.34. The average molecular weight is 225 g/mol. The molecule has 0 radical (unpaired) electrons. The summed E-state index contributed by atoms with van der Waals surface area (Å²) < 4.78 is 18.6. The van der Waals surface area contributed by atoms with Crippen LogP contribution in [0.15, 0.2) is 18.2 Å². The smallest absolute Gasteiger partial charge is 0.175 e. The lowest BCUT2D eigenvalue weighted by molar-refractivity contribution is 0.0912. The Morgan fingerprint density at radius 2 is 2.06 bits per heavy atom. The number of nitrogens with two attached hydrogens (primary N) is 1. The molecule has 16 heavy (non-hydrogen) atoms. The third kappa shape index (κ3) is 2.39. The van der Waals surface area contributed by atoms with Gasteiger partial charge in [-0.2, -0.15) is 0 Å². The van der Waals surface area contributed by atoms with Gasteiger partial charge in [0, 0.05) is 12.0 Å². The van der Waals surface area contributed by atoms with Crippen molar-refractivity contribution < 1.29 is 13.9 Å². The number of benzene rings is 1. The van der Waals surface area contributed by atoms with E-state index in [1.165, 1.54) is 19.2 Å². The maximum atomic E-state index is 13.8. The lowest BCUT2D eigenvalue weighted by Gasteiger charge is -2.15. The molecule has 3 nitrogen and oxygen atoms in total. The van der Waals surface area contributed by atoms with Gasteiger partial charge in [-0.05, 0) is 19.1 Å². The number of rotatable bonds is 4. The summed E-state index contributed by atoms with van der Waals surface area (Å²) in [6.07, 6.45) is 0. The predicted octanol–water partition coefficient (Wildman–Crippen LogP) is 2.00. The van der Waals surface area contributed by atoms with E-state index in [-0.39, 0.29) is 23.1 Å². The fraction of sp³-hybridized carbons (Fsp3) is 0.417. The highest BCUT2D eigenvalue weighted by Crippen LogP contribution is 2.22. The summed E-state index contributed by atoms with van der Waals surface area (Å²) in [5.41, 5.74) is 5.65. The van der Waals surface area contributed by atoms with Gasteiger partial charge in [-0.25, -0.2) is 4.39 Å². The van der Waals surface area contributed by atoms with Gasteiger partial charge < -0.3 is 10.5 Å². The van der Waals surface area contributed by atoms with Gasteiger partial charge in [0.05, 0.1) is 12.7 Å². The maximum absolute atomic E-state index is 13.8. The number of Topliss-reactive ketones (excluding diaryl/α,β-unsaturated/α-hetero) is 1. The summed E-state index contributed by atoms with van der Waals surface area (Å²) in [4.78, 5) is 11.9. The van der Waals surface area contributed by atoms with Gasteiger partial charge in [-0.3, -0.25) is 4.79 Å². The summed E-state index contributed by atoms with van der Waals surface area (Å²) in [7, 11) is 1.36. The fourth-order valence-corrected chi connectivity index (χ4v) is 1.34. The minimum atomic E-state index is -0.623. The van der Waals surface area contributed by atoms with E-state index in [1.54, 1.807) is 19.9 Å². The quantitative estimate of drug-likeness (QED) is 0.797. The molecule has 2 unspecified atom stereocenters. The van der Waals surface area contributed by atoms with Crippen molar-refractivity contribution in [1.29, 1.82) is 0 Å². The minimum Gasteiger partial charge on any atom is -0.494 e. The zero-order valence-corrected chi connectivity index (χ0v) is 9.66. The Hall–Kier alpha value is -1.42. The van der Waals surface area contributed by atoms with Crippen LogP contribution in [-0.4, -0.2) is 18.9 Å². The van der Waals surface area contributed by atoms with Crippen molar-refractivity contribution in [1.82, 2.24) is 0 Å². The molecule has 0 aromatic heterocycles. The van der Waals surface area contributed by atoms with Gasteiger partial charge in [0.1, 0.15) is 0 Å². The first kappa shape index (κ1) is 12.6.